The molecule has 3 rings (SSSR count). The van der Waals surface area contributed by atoms with E-state index in [0.29, 0.717) is 12.2 Å². The van der Waals surface area contributed by atoms with E-state index in [0.717, 1.165) is 11.3 Å². The van der Waals surface area contributed by atoms with E-state index in [4.69, 9.17) is 0 Å². The molecule has 2 aromatic heterocycles. The molecule has 0 fully saturated rings. The van der Waals surface area contributed by atoms with E-state index in [9.17, 15) is 4.79 Å². The van der Waals surface area contributed by atoms with Crippen LogP contribution in [0.15, 0.2) is 24.4 Å². The molecule has 1 aliphatic heterocycles. The van der Waals surface area contributed by atoms with Crippen molar-refractivity contribution in [3.8, 4) is 0 Å². The van der Waals surface area contributed by atoms with Gasteiger partial charge in [-0.1, -0.05) is 6.07 Å². The molecule has 64 valence electrons. The van der Waals surface area contributed by atoms with Gasteiger partial charge in [-0.2, -0.15) is 0 Å². The van der Waals surface area contributed by atoms with Crippen LogP contribution < -0.4 is 5.32 Å². The Labute approximate surface area is 74.2 Å². The lowest BCUT2D eigenvalue weighted by molar-refractivity contribution is 0.0936. The summed E-state index contributed by atoms with van der Waals surface area (Å²) >= 11 is 0. The topological polar surface area (TPSA) is 46.4 Å². The van der Waals surface area contributed by atoms with Crippen molar-refractivity contribution in [1.29, 1.82) is 0 Å². The first-order valence-corrected chi connectivity index (χ1v) is 4.10. The number of hydrogen-bond acceptors (Lipinski definition) is 2. The summed E-state index contributed by atoms with van der Waals surface area (Å²) in [7, 11) is 0. The molecule has 0 atom stereocenters. The van der Waals surface area contributed by atoms with Gasteiger partial charge in [-0.15, -0.1) is 0 Å². The lowest BCUT2D eigenvalue weighted by Crippen LogP contribution is -2.30. The van der Waals surface area contributed by atoms with Gasteiger partial charge in [0.15, 0.2) is 0 Å². The zero-order valence-corrected chi connectivity index (χ0v) is 6.82. The fourth-order valence-corrected chi connectivity index (χ4v) is 1.66. The number of pyridine rings is 1. The number of carbonyl (C=O) groups is 1. The SMILES string of the molecule is O=C1NCc2cccc3ncc1n23. The van der Waals surface area contributed by atoms with Crippen molar-refractivity contribution in [2.24, 2.45) is 0 Å². The average Bonchev–Trinajstić information content (AvgIpc) is 2.57. The second kappa shape index (κ2) is 2.10. The lowest BCUT2D eigenvalue weighted by Gasteiger charge is -2.14. The van der Waals surface area contributed by atoms with Crippen molar-refractivity contribution >= 4 is 11.6 Å². The monoisotopic (exact) mass is 173 g/mol. The third kappa shape index (κ3) is 0.744. The zero-order chi connectivity index (χ0) is 8.84. The molecule has 13 heavy (non-hydrogen) atoms. The maximum Gasteiger partial charge on any atom is 0.270 e. The van der Waals surface area contributed by atoms with Crippen LogP contribution in [-0.4, -0.2) is 15.3 Å². The van der Waals surface area contributed by atoms with Gasteiger partial charge in [-0.3, -0.25) is 9.20 Å². The third-order valence-corrected chi connectivity index (χ3v) is 2.27. The van der Waals surface area contributed by atoms with Gasteiger partial charge in [0.1, 0.15) is 11.3 Å². The van der Waals surface area contributed by atoms with Crippen LogP contribution in [0.2, 0.25) is 0 Å². The Hall–Kier alpha value is -1.84. The van der Waals surface area contributed by atoms with E-state index in [1.807, 2.05) is 22.6 Å². The van der Waals surface area contributed by atoms with E-state index >= 15 is 0 Å². The Morgan fingerprint density at radius 3 is 3.31 bits per heavy atom. The predicted octanol–water partition coefficient (Wildman–Crippen LogP) is 0.578. The summed E-state index contributed by atoms with van der Waals surface area (Å²) in [4.78, 5) is 15.5. The molecule has 0 radical (unpaired) electrons. The molecule has 1 aliphatic rings. The normalized spacial score (nSPS) is 14.6. The summed E-state index contributed by atoms with van der Waals surface area (Å²) in [5, 5.41) is 2.78. The number of carbonyl (C=O) groups excluding carboxylic acids is 1. The highest BCUT2D eigenvalue weighted by molar-refractivity contribution is 5.94. The minimum absolute atomic E-state index is 0.0498. The van der Waals surface area contributed by atoms with Crippen LogP contribution in [-0.2, 0) is 6.54 Å². The molecule has 0 spiro atoms. The molecule has 1 amide bonds. The van der Waals surface area contributed by atoms with Crippen LogP contribution in [0.4, 0.5) is 0 Å². The first-order chi connectivity index (χ1) is 6.36. The molecule has 4 heteroatoms. The summed E-state index contributed by atoms with van der Waals surface area (Å²) in [5.41, 5.74) is 2.53. The number of imidazole rings is 1. The molecular formula is C9H7N3O. The molecule has 0 saturated heterocycles. The molecular weight excluding hydrogens is 166 g/mol. The molecule has 0 bridgehead atoms. The van der Waals surface area contributed by atoms with Crippen molar-refractivity contribution in [1.82, 2.24) is 14.7 Å². The standard InChI is InChI=1S/C9H7N3O/c13-9-7-5-10-8-3-1-2-6(4-11-9)12(7)8/h1-3,5H,4H2,(H,11,13). The number of aromatic nitrogens is 2. The van der Waals surface area contributed by atoms with E-state index in [1.165, 1.54) is 0 Å². The van der Waals surface area contributed by atoms with Crippen LogP contribution in [0.25, 0.3) is 5.65 Å². The molecule has 0 aromatic carbocycles. The van der Waals surface area contributed by atoms with Crippen molar-refractivity contribution in [2.45, 2.75) is 6.54 Å². The van der Waals surface area contributed by atoms with Crippen molar-refractivity contribution in [3.05, 3.63) is 35.8 Å². The van der Waals surface area contributed by atoms with Gasteiger partial charge < -0.3 is 5.32 Å². The fourth-order valence-electron chi connectivity index (χ4n) is 1.66. The van der Waals surface area contributed by atoms with Crippen molar-refractivity contribution in [2.75, 3.05) is 0 Å². The van der Waals surface area contributed by atoms with Gasteiger partial charge in [-0.25, -0.2) is 4.98 Å². The summed E-state index contributed by atoms with van der Waals surface area (Å²) in [6, 6.07) is 5.82. The first-order valence-electron chi connectivity index (χ1n) is 4.10. The van der Waals surface area contributed by atoms with Crippen molar-refractivity contribution in [3.63, 3.8) is 0 Å². The number of nitrogens with zero attached hydrogens (tertiary/aromatic N) is 2. The molecule has 3 heterocycles. The number of hydrogen-bond donors (Lipinski definition) is 1. The van der Waals surface area contributed by atoms with E-state index in [1.54, 1.807) is 6.20 Å². The number of nitrogens with one attached hydrogen (secondary N) is 1. The largest absolute Gasteiger partial charge is 0.345 e. The highest BCUT2D eigenvalue weighted by Gasteiger charge is 2.18. The van der Waals surface area contributed by atoms with Crippen LogP contribution in [0.5, 0.6) is 0 Å². The van der Waals surface area contributed by atoms with Crippen molar-refractivity contribution < 1.29 is 4.79 Å². The molecule has 0 unspecified atom stereocenters. The highest BCUT2D eigenvalue weighted by atomic mass is 16.2. The van der Waals surface area contributed by atoms with Gasteiger partial charge in [0.25, 0.3) is 5.91 Å². The summed E-state index contributed by atoms with van der Waals surface area (Å²) < 4.78 is 1.89. The Morgan fingerprint density at radius 2 is 2.38 bits per heavy atom. The second-order valence-electron chi connectivity index (χ2n) is 3.04. The Bertz CT molecular complexity index is 501. The Morgan fingerprint density at radius 1 is 1.46 bits per heavy atom. The molecule has 0 saturated carbocycles. The molecule has 2 aromatic rings. The van der Waals surface area contributed by atoms with Crippen LogP contribution >= 0.6 is 0 Å². The smallest absolute Gasteiger partial charge is 0.270 e. The van der Waals surface area contributed by atoms with Gasteiger partial charge in [0, 0.05) is 5.69 Å². The third-order valence-electron chi connectivity index (χ3n) is 2.27. The van der Waals surface area contributed by atoms with Gasteiger partial charge in [-0.05, 0) is 12.1 Å². The summed E-state index contributed by atoms with van der Waals surface area (Å²) in [6.45, 7) is 0.583. The molecule has 1 N–H and O–H groups in total. The number of rotatable bonds is 0. The summed E-state index contributed by atoms with van der Waals surface area (Å²) in [5.74, 6) is -0.0498. The highest BCUT2D eigenvalue weighted by Crippen LogP contribution is 2.14. The Balaban J connectivity index is 2.51. The molecule has 0 aliphatic carbocycles. The average molecular weight is 173 g/mol. The minimum Gasteiger partial charge on any atom is -0.345 e. The van der Waals surface area contributed by atoms with Crippen LogP contribution in [0, 0.1) is 0 Å². The maximum absolute atomic E-state index is 11.4. The number of amides is 1. The van der Waals surface area contributed by atoms with Gasteiger partial charge in [0.2, 0.25) is 0 Å². The fraction of sp³-hybridized carbons (Fsp3) is 0.111. The van der Waals surface area contributed by atoms with Crippen LogP contribution in [0.3, 0.4) is 0 Å². The second-order valence-corrected chi connectivity index (χ2v) is 3.04. The molecule has 4 nitrogen and oxygen atoms in total. The predicted molar refractivity (Wildman–Crippen MR) is 46.4 cm³/mol. The summed E-state index contributed by atoms with van der Waals surface area (Å²) in [6.07, 6.45) is 1.60. The minimum atomic E-state index is -0.0498. The quantitative estimate of drug-likeness (QED) is 0.633. The lowest BCUT2D eigenvalue weighted by atomic mass is 10.2. The van der Waals surface area contributed by atoms with E-state index in [-0.39, 0.29) is 5.91 Å². The zero-order valence-electron chi connectivity index (χ0n) is 6.82. The van der Waals surface area contributed by atoms with Crippen LogP contribution in [0.1, 0.15) is 16.2 Å². The maximum atomic E-state index is 11.4. The van der Waals surface area contributed by atoms with Gasteiger partial charge in [0.05, 0.1) is 12.7 Å². The van der Waals surface area contributed by atoms with E-state index < -0.39 is 0 Å². The van der Waals surface area contributed by atoms with Gasteiger partial charge >= 0.3 is 0 Å². The Kier molecular flexibility index (Phi) is 1.07. The van der Waals surface area contributed by atoms with E-state index in [2.05, 4.69) is 10.3 Å². The first kappa shape index (κ1) is 6.65.